The summed E-state index contributed by atoms with van der Waals surface area (Å²) in [6.07, 6.45) is 0. The number of nitrogens with zero attached hydrogens (tertiary/aromatic N) is 3. The highest BCUT2D eigenvalue weighted by molar-refractivity contribution is 9.10. The topological polar surface area (TPSA) is 66.9 Å². The highest BCUT2D eigenvalue weighted by Gasteiger charge is 2.23. The maximum Gasteiger partial charge on any atom is 0.317 e. The normalized spacial score (nSPS) is 14.1. The van der Waals surface area contributed by atoms with E-state index in [-0.39, 0.29) is 6.03 Å². The zero-order valence-electron chi connectivity index (χ0n) is 16.9. The first-order valence-corrected chi connectivity index (χ1v) is 11.2. The van der Waals surface area contributed by atoms with E-state index in [1.54, 1.807) is 25.6 Å². The molecule has 1 N–H and O–H groups in total. The molecule has 0 bridgehead atoms. The Morgan fingerprint density at radius 2 is 1.87 bits per heavy atom. The van der Waals surface area contributed by atoms with Crippen LogP contribution < -0.4 is 19.7 Å². The predicted molar refractivity (Wildman–Crippen MR) is 123 cm³/mol. The van der Waals surface area contributed by atoms with Crippen molar-refractivity contribution in [2.24, 2.45) is 0 Å². The van der Waals surface area contributed by atoms with E-state index in [0.717, 1.165) is 38.5 Å². The molecule has 1 aliphatic heterocycles. The smallest absolute Gasteiger partial charge is 0.317 e. The van der Waals surface area contributed by atoms with Crippen molar-refractivity contribution in [2.75, 3.05) is 45.3 Å². The van der Waals surface area contributed by atoms with E-state index in [2.05, 4.69) is 32.2 Å². The lowest BCUT2D eigenvalue weighted by Crippen LogP contribution is -2.51. The Balaban J connectivity index is 1.31. The van der Waals surface area contributed by atoms with Gasteiger partial charge in [-0.25, -0.2) is 9.78 Å². The van der Waals surface area contributed by atoms with Gasteiger partial charge in [-0.15, -0.1) is 0 Å². The van der Waals surface area contributed by atoms with Gasteiger partial charge in [0.2, 0.25) is 0 Å². The van der Waals surface area contributed by atoms with Gasteiger partial charge in [-0.2, -0.15) is 0 Å². The van der Waals surface area contributed by atoms with E-state index >= 15 is 0 Å². The largest absolute Gasteiger partial charge is 0.493 e. The second-order valence-electron chi connectivity index (χ2n) is 6.93. The quantitative estimate of drug-likeness (QED) is 0.582. The van der Waals surface area contributed by atoms with Crippen LogP contribution in [0.25, 0.3) is 10.2 Å². The SMILES string of the molecule is COc1ccc(CNC(=O)N2CCN(c3nc4ccc(Br)cc4s3)CC2)cc1OC. The van der Waals surface area contributed by atoms with Crippen molar-refractivity contribution in [2.45, 2.75) is 6.54 Å². The van der Waals surface area contributed by atoms with Crippen LogP contribution in [-0.4, -0.2) is 56.3 Å². The second-order valence-corrected chi connectivity index (χ2v) is 8.86. The Morgan fingerprint density at radius 3 is 2.60 bits per heavy atom. The van der Waals surface area contributed by atoms with Crippen LogP contribution in [0.3, 0.4) is 0 Å². The van der Waals surface area contributed by atoms with E-state index in [9.17, 15) is 4.79 Å². The number of carbonyl (C=O) groups is 1. The van der Waals surface area contributed by atoms with Crippen LogP contribution in [0, 0.1) is 0 Å². The summed E-state index contributed by atoms with van der Waals surface area (Å²) in [5.41, 5.74) is 1.97. The lowest BCUT2D eigenvalue weighted by Gasteiger charge is -2.34. The number of anilines is 1. The molecular weight excluding hydrogens is 468 g/mol. The first kappa shape index (κ1) is 20.7. The Bertz CT molecular complexity index is 1050. The Kier molecular flexibility index (Phi) is 6.29. The molecule has 0 radical (unpaired) electrons. The van der Waals surface area contributed by atoms with Crippen LogP contribution in [0.15, 0.2) is 40.9 Å². The van der Waals surface area contributed by atoms with Gasteiger partial charge in [0.1, 0.15) is 0 Å². The van der Waals surface area contributed by atoms with Crippen LogP contribution in [0.2, 0.25) is 0 Å². The molecule has 9 heteroatoms. The van der Waals surface area contributed by atoms with Crippen LogP contribution >= 0.6 is 27.3 Å². The van der Waals surface area contributed by atoms with Crippen LogP contribution in [0.1, 0.15) is 5.56 Å². The molecule has 3 aromatic rings. The van der Waals surface area contributed by atoms with E-state index in [4.69, 9.17) is 14.5 Å². The molecule has 0 aliphatic carbocycles. The maximum absolute atomic E-state index is 12.6. The third-order valence-electron chi connectivity index (χ3n) is 5.07. The predicted octanol–water partition coefficient (Wildman–Crippen LogP) is 4.11. The number of halogens is 1. The zero-order valence-corrected chi connectivity index (χ0v) is 19.3. The minimum absolute atomic E-state index is 0.0577. The number of aromatic nitrogens is 1. The molecule has 0 spiro atoms. The fourth-order valence-electron chi connectivity index (χ4n) is 3.40. The average molecular weight is 491 g/mol. The maximum atomic E-state index is 12.6. The van der Waals surface area contributed by atoms with E-state index in [0.29, 0.717) is 31.1 Å². The number of methoxy groups -OCH3 is 2. The monoisotopic (exact) mass is 490 g/mol. The van der Waals surface area contributed by atoms with E-state index in [1.165, 1.54) is 0 Å². The minimum Gasteiger partial charge on any atom is -0.493 e. The van der Waals surface area contributed by atoms with Crippen molar-refractivity contribution >= 4 is 48.6 Å². The minimum atomic E-state index is -0.0577. The molecule has 2 heterocycles. The first-order valence-electron chi connectivity index (χ1n) is 9.62. The molecule has 1 fully saturated rings. The number of ether oxygens (including phenoxy) is 2. The molecule has 0 saturated carbocycles. The molecule has 158 valence electrons. The molecule has 30 heavy (non-hydrogen) atoms. The van der Waals surface area contributed by atoms with Gasteiger partial charge >= 0.3 is 6.03 Å². The Morgan fingerprint density at radius 1 is 1.10 bits per heavy atom. The molecule has 7 nitrogen and oxygen atoms in total. The summed E-state index contributed by atoms with van der Waals surface area (Å²) in [5.74, 6) is 1.33. The Labute approximate surface area is 187 Å². The third-order valence-corrected chi connectivity index (χ3v) is 6.64. The summed E-state index contributed by atoms with van der Waals surface area (Å²) in [5, 5.41) is 4.00. The van der Waals surface area contributed by atoms with Crippen molar-refractivity contribution in [3.05, 3.63) is 46.4 Å². The zero-order chi connectivity index (χ0) is 21.1. The molecular formula is C21H23BrN4O3S. The highest BCUT2D eigenvalue weighted by Crippen LogP contribution is 2.31. The van der Waals surface area contributed by atoms with Crippen molar-refractivity contribution in [1.82, 2.24) is 15.2 Å². The molecule has 2 amide bonds. The number of amides is 2. The summed E-state index contributed by atoms with van der Waals surface area (Å²) in [4.78, 5) is 21.4. The Hall–Kier alpha value is -2.52. The van der Waals surface area contributed by atoms with Crippen LogP contribution in [0.5, 0.6) is 11.5 Å². The number of carbonyl (C=O) groups excluding carboxylic acids is 1. The van der Waals surface area contributed by atoms with Crippen molar-refractivity contribution < 1.29 is 14.3 Å². The van der Waals surface area contributed by atoms with Crippen molar-refractivity contribution in [1.29, 1.82) is 0 Å². The highest BCUT2D eigenvalue weighted by atomic mass is 79.9. The van der Waals surface area contributed by atoms with Gasteiger partial charge in [0.25, 0.3) is 0 Å². The number of fused-ring (bicyclic) bond motifs is 1. The van der Waals surface area contributed by atoms with Gasteiger partial charge in [0.15, 0.2) is 16.6 Å². The van der Waals surface area contributed by atoms with Gasteiger partial charge in [-0.1, -0.05) is 33.3 Å². The van der Waals surface area contributed by atoms with Gasteiger partial charge in [0.05, 0.1) is 24.4 Å². The van der Waals surface area contributed by atoms with Crippen molar-refractivity contribution in [3.63, 3.8) is 0 Å². The molecule has 1 aliphatic rings. The summed E-state index contributed by atoms with van der Waals surface area (Å²) in [7, 11) is 3.20. The second kappa shape index (κ2) is 9.09. The number of nitrogens with one attached hydrogen (secondary N) is 1. The number of benzene rings is 2. The summed E-state index contributed by atoms with van der Waals surface area (Å²) in [6, 6.07) is 11.7. The average Bonchev–Trinajstić information content (AvgIpc) is 3.20. The third kappa shape index (κ3) is 4.46. The fraction of sp³-hybridized carbons (Fsp3) is 0.333. The molecule has 2 aromatic carbocycles. The number of piperazine rings is 1. The van der Waals surface area contributed by atoms with Crippen LogP contribution in [-0.2, 0) is 6.54 Å². The summed E-state index contributed by atoms with van der Waals surface area (Å²) < 4.78 is 12.8. The number of thiazole rings is 1. The van der Waals surface area contributed by atoms with Crippen molar-refractivity contribution in [3.8, 4) is 11.5 Å². The molecule has 0 atom stereocenters. The van der Waals surface area contributed by atoms with Gasteiger partial charge in [0, 0.05) is 37.2 Å². The number of hydrogen-bond acceptors (Lipinski definition) is 6. The molecule has 1 aromatic heterocycles. The standard InChI is InChI=1S/C21H23BrN4O3S/c1-28-17-6-3-14(11-18(17)29-2)13-23-20(27)25-7-9-26(10-8-25)21-24-16-5-4-15(22)12-19(16)30-21/h3-6,11-12H,7-10,13H2,1-2H3,(H,23,27). The van der Waals surface area contributed by atoms with Gasteiger partial charge < -0.3 is 24.6 Å². The number of hydrogen-bond donors (Lipinski definition) is 1. The number of rotatable bonds is 5. The lowest BCUT2D eigenvalue weighted by atomic mass is 10.2. The van der Waals surface area contributed by atoms with E-state index < -0.39 is 0 Å². The van der Waals surface area contributed by atoms with Crippen LogP contribution in [0.4, 0.5) is 9.93 Å². The molecule has 0 unspecified atom stereocenters. The fourth-order valence-corrected chi connectivity index (χ4v) is 4.97. The molecule has 4 rings (SSSR count). The van der Waals surface area contributed by atoms with Gasteiger partial charge in [-0.05, 0) is 35.9 Å². The lowest BCUT2D eigenvalue weighted by molar-refractivity contribution is 0.194. The van der Waals surface area contributed by atoms with E-state index in [1.807, 2.05) is 35.2 Å². The summed E-state index contributed by atoms with van der Waals surface area (Å²) in [6.45, 7) is 3.30. The molecule has 1 saturated heterocycles. The summed E-state index contributed by atoms with van der Waals surface area (Å²) >= 11 is 5.19. The van der Waals surface area contributed by atoms with Gasteiger partial charge in [-0.3, -0.25) is 0 Å². The first-order chi connectivity index (χ1) is 14.6. The number of urea groups is 1.